The van der Waals surface area contributed by atoms with E-state index in [0.717, 1.165) is 23.8 Å². The van der Waals surface area contributed by atoms with Crippen LogP contribution in [0.5, 0.6) is 0 Å². The fourth-order valence-corrected chi connectivity index (χ4v) is 4.96. The molecule has 29 heavy (non-hydrogen) atoms. The Hall–Kier alpha value is -2.71. The highest BCUT2D eigenvalue weighted by Gasteiger charge is 2.20. The summed E-state index contributed by atoms with van der Waals surface area (Å²) in [6.45, 7) is 4.10. The van der Waals surface area contributed by atoms with Gasteiger partial charge in [-0.3, -0.25) is 15.6 Å². The first-order valence-electron chi connectivity index (χ1n) is 9.42. The molecule has 0 aliphatic heterocycles. The van der Waals surface area contributed by atoms with Crippen LogP contribution in [0.1, 0.15) is 39.0 Å². The Kier molecular flexibility index (Phi) is 5.38. The van der Waals surface area contributed by atoms with Crippen LogP contribution >= 0.6 is 23.6 Å². The molecule has 1 aliphatic carbocycles. The molecule has 6 nitrogen and oxygen atoms in total. The monoisotopic (exact) mass is 427 g/mol. The second kappa shape index (κ2) is 7.96. The van der Waals surface area contributed by atoms with Crippen LogP contribution < -0.4 is 21.8 Å². The van der Waals surface area contributed by atoms with Crippen molar-refractivity contribution in [3.8, 4) is 0 Å². The van der Waals surface area contributed by atoms with E-state index in [1.54, 1.807) is 17.4 Å². The molecular weight excluding hydrogens is 406 g/mol. The van der Waals surface area contributed by atoms with Crippen LogP contribution in [-0.2, 0) is 12.8 Å². The van der Waals surface area contributed by atoms with Crippen molar-refractivity contribution in [1.29, 1.82) is 0 Å². The maximum absolute atomic E-state index is 12.5. The summed E-state index contributed by atoms with van der Waals surface area (Å²) in [6.07, 6.45) is 3.24. The van der Waals surface area contributed by atoms with Gasteiger partial charge >= 0.3 is 5.63 Å². The first kappa shape index (κ1) is 19.6. The minimum atomic E-state index is -0.395. The molecular formula is C21H21N3O3S2. The highest BCUT2D eigenvalue weighted by Crippen LogP contribution is 2.32. The average Bonchev–Trinajstić information content (AvgIpc) is 3.09. The third-order valence-electron chi connectivity index (χ3n) is 5.06. The number of hydrogen-bond donors (Lipinski definition) is 3. The van der Waals surface area contributed by atoms with Crippen molar-refractivity contribution in [3.63, 3.8) is 0 Å². The van der Waals surface area contributed by atoms with Crippen molar-refractivity contribution >= 4 is 51.2 Å². The minimum Gasteiger partial charge on any atom is -0.423 e. The van der Waals surface area contributed by atoms with E-state index in [9.17, 15) is 9.59 Å². The van der Waals surface area contributed by atoms with Gasteiger partial charge in [-0.15, -0.1) is 11.3 Å². The van der Waals surface area contributed by atoms with Crippen LogP contribution in [0.2, 0.25) is 0 Å². The maximum Gasteiger partial charge on any atom is 0.336 e. The average molecular weight is 428 g/mol. The van der Waals surface area contributed by atoms with Gasteiger partial charge in [-0.1, -0.05) is 6.92 Å². The maximum atomic E-state index is 12.5. The SMILES string of the molecule is Cc1cc(=O)oc2cc(NC(=S)NNC(=O)c3cc4c(s3)C[C@@H](C)CC4)ccc12. The zero-order valence-electron chi connectivity index (χ0n) is 16.1. The molecule has 0 radical (unpaired) electrons. The number of carbonyl (C=O) groups is 1. The molecule has 1 atom stereocenters. The Balaban J connectivity index is 1.38. The Bertz CT molecular complexity index is 1170. The second-order valence-electron chi connectivity index (χ2n) is 7.40. The van der Waals surface area contributed by atoms with Gasteiger partial charge in [0.25, 0.3) is 5.91 Å². The molecule has 0 saturated heterocycles. The van der Waals surface area contributed by atoms with E-state index in [1.165, 1.54) is 22.9 Å². The van der Waals surface area contributed by atoms with Crippen molar-refractivity contribution in [3.05, 3.63) is 61.6 Å². The number of rotatable bonds is 2. The highest BCUT2D eigenvalue weighted by molar-refractivity contribution is 7.80. The van der Waals surface area contributed by atoms with Gasteiger partial charge in [-0.25, -0.2) is 4.79 Å². The first-order chi connectivity index (χ1) is 13.9. The quantitative estimate of drug-likeness (QED) is 0.327. The lowest BCUT2D eigenvalue weighted by Gasteiger charge is -2.16. The number of thiophene rings is 1. The number of hydrogen-bond acceptors (Lipinski definition) is 5. The molecule has 1 aromatic carbocycles. The molecule has 0 unspecified atom stereocenters. The topological polar surface area (TPSA) is 83.4 Å². The van der Waals surface area contributed by atoms with Gasteiger partial charge < -0.3 is 9.73 Å². The van der Waals surface area contributed by atoms with E-state index >= 15 is 0 Å². The van der Waals surface area contributed by atoms with Crippen LogP contribution in [0.3, 0.4) is 0 Å². The Morgan fingerprint density at radius 2 is 2.07 bits per heavy atom. The predicted molar refractivity (Wildman–Crippen MR) is 120 cm³/mol. The van der Waals surface area contributed by atoms with Gasteiger partial charge in [0.2, 0.25) is 0 Å². The molecule has 0 saturated carbocycles. The van der Waals surface area contributed by atoms with Crippen LogP contribution in [0, 0.1) is 12.8 Å². The zero-order valence-corrected chi connectivity index (χ0v) is 17.8. The molecule has 1 aliphatic rings. The summed E-state index contributed by atoms with van der Waals surface area (Å²) < 4.78 is 5.24. The Morgan fingerprint density at radius 3 is 2.90 bits per heavy atom. The van der Waals surface area contributed by atoms with Crippen LogP contribution in [0.25, 0.3) is 11.0 Å². The number of hydrazine groups is 1. The van der Waals surface area contributed by atoms with Crippen LogP contribution in [0.15, 0.2) is 39.5 Å². The van der Waals surface area contributed by atoms with E-state index in [0.29, 0.717) is 22.1 Å². The van der Waals surface area contributed by atoms with Crippen LogP contribution in [0.4, 0.5) is 5.69 Å². The van der Waals surface area contributed by atoms with E-state index in [2.05, 4.69) is 23.1 Å². The Morgan fingerprint density at radius 1 is 1.24 bits per heavy atom. The third kappa shape index (κ3) is 4.33. The molecule has 0 fully saturated rings. The number of amides is 1. The molecule has 0 spiro atoms. The number of thiocarbonyl (C=S) groups is 1. The first-order valence-corrected chi connectivity index (χ1v) is 10.6. The van der Waals surface area contributed by atoms with Gasteiger partial charge in [-0.2, -0.15) is 0 Å². The standard InChI is InChI=1S/C21H21N3O3S2/c1-11-3-4-13-9-18(29-17(13)7-11)20(26)23-24-21(28)22-14-5-6-15-12(2)8-19(25)27-16(15)10-14/h5-6,8-11H,3-4,7H2,1-2H3,(H,23,26)(H2,22,24,28)/t11-/m0/s1. The van der Waals surface area contributed by atoms with Gasteiger partial charge in [0.1, 0.15) is 5.58 Å². The van der Waals surface area contributed by atoms with E-state index in [4.69, 9.17) is 16.6 Å². The zero-order chi connectivity index (χ0) is 20.5. The van der Waals surface area contributed by atoms with Gasteiger partial charge in [0, 0.05) is 28.1 Å². The van der Waals surface area contributed by atoms with Gasteiger partial charge in [0.05, 0.1) is 4.88 Å². The van der Waals surface area contributed by atoms with Crippen molar-refractivity contribution in [2.24, 2.45) is 5.92 Å². The summed E-state index contributed by atoms with van der Waals surface area (Å²) >= 11 is 6.80. The van der Waals surface area contributed by atoms with Gasteiger partial charge in [-0.05, 0) is 73.6 Å². The summed E-state index contributed by atoms with van der Waals surface area (Å²) in [5, 5.41) is 4.08. The summed E-state index contributed by atoms with van der Waals surface area (Å²) in [5.74, 6) is 0.462. The number of aryl methyl sites for hydroxylation is 2. The van der Waals surface area contributed by atoms with E-state index < -0.39 is 5.63 Å². The largest absolute Gasteiger partial charge is 0.423 e. The number of fused-ring (bicyclic) bond motifs is 2. The van der Waals surface area contributed by atoms with Gasteiger partial charge in [0.15, 0.2) is 5.11 Å². The van der Waals surface area contributed by atoms with E-state index in [-0.39, 0.29) is 11.0 Å². The normalized spacial score (nSPS) is 15.6. The lowest BCUT2D eigenvalue weighted by molar-refractivity contribution is 0.0948. The Labute approximate surface area is 177 Å². The highest BCUT2D eigenvalue weighted by atomic mass is 32.1. The number of benzene rings is 1. The third-order valence-corrected chi connectivity index (χ3v) is 6.46. The van der Waals surface area contributed by atoms with Crippen molar-refractivity contribution in [2.45, 2.75) is 33.1 Å². The number of nitrogens with one attached hydrogen (secondary N) is 3. The fraction of sp³-hybridized carbons (Fsp3) is 0.286. The number of anilines is 1. The second-order valence-corrected chi connectivity index (χ2v) is 8.94. The van der Waals surface area contributed by atoms with E-state index in [1.807, 2.05) is 25.1 Å². The summed E-state index contributed by atoms with van der Waals surface area (Å²) in [6, 6.07) is 8.83. The molecule has 1 amide bonds. The lowest BCUT2D eigenvalue weighted by Crippen LogP contribution is -2.43. The number of carbonyl (C=O) groups excluding carboxylic acids is 1. The molecule has 4 rings (SSSR count). The summed E-state index contributed by atoms with van der Waals surface area (Å²) in [4.78, 5) is 26.0. The minimum absolute atomic E-state index is 0.207. The van der Waals surface area contributed by atoms with Crippen molar-refractivity contribution in [2.75, 3.05) is 5.32 Å². The molecule has 2 aromatic heterocycles. The lowest BCUT2D eigenvalue weighted by atomic mass is 9.90. The molecule has 8 heteroatoms. The molecule has 0 bridgehead atoms. The molecule has 3 aromatic rings. The van der Waals surface area contributed by atoms with Crippen molar-refractivity contribution in [1.82, 2.24) is 10.9 Å². The van der Waals surface area contributed by atoms with Crippen LogP contribution in [-0.4, -0.2) is 11.0 Å². The molecule has 150 valence electrons. The molecule has 3 N–H and O–H groups in total. The van der Waals surface area contributed by atoms with Crippen molar-refractivity contribution < 1.29 is 9.21 Å². The predicted octanol–water partition coefficient (Wildman–Crippen LogP) is 3.92. The smallest absolute Gasteiger partial charge is 0.336 e. The fourth-order valence-electron chi connectivity index (χ4n) is 3.52. The summed E-state index contributed by atoms with van der Waals surface area (Å²) in [5.41, 5.74) is 8.23. The summed E-state index contributed by atoms with van der Waals surface area (Å²) in [7, 11) is 0. The molecule has 2 heterocycles.